The maximum Gasteiger partial charge on any atom is 0.401 e. The fourth-order valence-corrected chi connectivity index (χ4v) is 2.02. The summed E-state index contributed by atoms with van der Waals surface area (Å²) in [5.74, 6) is -1.58. The molecule has 0 bridgehead atoms. The van der Waals surface area contributed by atoms with Crippen LogP contribution in [0.5, 0.6) is 0 Å². The van der Waals surface area contributed by atoms with Gasteiger partial charge in [-0.2, -0.15) is 13.2 Å². The first-order valence-corrected chi connectivity index (χ1v) is 6.78. The number of Topliss-reactive ketones (excluding diaryl/α,β-unsaturated/α-hetero) is 1. The van der Waals surface area contributed by atoms with Crippen molar-refractivity contribution in [3.63, 3.8) is 0 Å². The predicted octanol–water partition coefficient (Wildman–Crippen LogP) is 1.23. The van der Waals surface area contributed by atoms with Crippen LogP contribution in [0.25, 0.3) is 0 Å². The molecule has 0 spiro atoms. The molecule has 102 valence electrons. The lowest BCUT2D eigenvalue weighted by atomic mass is 9.80. The second-order valence-corrected chi connectivity index (χ2v) is 5.66. The van der Waals surface area contributed by atoms with E-state index in [2.05, 4.69) is 0 Å². The van der Waals surface area contributed by atoms with Crippen LogP contribution in [0.2, 0.25) is 0 Å². The van der Waals surface area contributed by atoms with Crippen LogP contribution in [-0.2, 0) is 9.36 Å². The zero-order chi connectivity index (χ0) is 13.9. The number of halogens is 3. The van der Waals surface area contributed by atoms with Gasteiger partial charge in [0.1, 0.15) is 5.41 Å². The quantitative estimate of drug-likeness (QED) is 0.682. The zero-order valence-corrected chi connectivity index (χ0v) is 10.4. The maximum absolute atomic E-state index is 12.7. The topological polar surface area (TPSA) is 80.3 Å². The van der Waals surface area contributed by atoms with Crippen LogP contribution in [0.15, 0.2) is 0 Å². The summed E-state index contributed by atoms with van der Waals surface area (Å²) in [7, 11) is -5.27. The Balaban J connectivity index is 5.06. The second kappa shape index (κ2) is 5.50. The third kappa shape index (κ3) is 4.77. The summed E-state index contributed by atoms with van der Waals surface area (Å²) in [5.41, 5.74) is -2.76. The van der Waals surface area contributed by atoms with E-state index in [0.717, 1.165) is 0 Å². The van der Waals surface area contributed by atoms with Gasteiger partial charge in [0.15, 0.2) is 5.78 Å². The van der Waals surface area contributed by atoms with Crippen molar-refractivity contribution in [2.45, 2.75) is 39.3 Å². The van der Waals surface area contributed by atoms with Crippen LogP contribution < -0.4 is 9.79 Å². The SMILES string of the molecule is CCCCC(C)(C(=O)CP(=O)([O-])[O-])C(F)(F)F. The molecule has 0 radical (unpaired) electrons. The summed E-state index contributed by atoms with van der Waals surface area (Å²) in [5, 5.41) is 0. The number of hydrogen-bond donors (Lipinski definition) is 0. The van der Waals surface area contributed by atoms with Gasteiger partial charge in [0.2, 0.25) is 0 Å². The minimum absolute atomic E-state index is 0.129. The van der Waals surface area contributed by atoms with Gasteiger partial charge in [-0.15, -0.1) is 0 Å². The van der Waals surface area contributed by atoms with Crippen molar-refractivity contribution in [1.29, 1.82) is 0 Å². The smallest absolute Gasteiger partial charge is 0.401 e. The highest BCUT2D eigenvalue weighted by atomic mass is 31.2. The summed E-state index contributed by atoms with van der Waals surface area (Å²) < 4.78 is 48.6. The van der Waals surface area contributed by atoms with E-state index in [1.54, 1.807) is 6.92 Å². The molecule has 0 amide bonds. The van der Waals surface area contributed by atoms with Gasteiger partial charge in [0.25, 0.3) is 0 Å². The van der Waals surface area contributed by atoms with Crippen molar-refractivity contribution in [2.75, 3.05) is 6.16 Å². The van der Waals surface area contributed by atoms with E-state index >= 15 is 0 Å². The fourth-order valence-electron chi connectivity index (χ4n) is 1.32. The van der Waals surface area contributed by atoms with E-state index in [9.17, 15) is 32.3 Å². The van der Waals surface area contributed by atoms with Gasteiger partial charge >= 0.3 is 6.18 Å². The lowest BCUT2D eigenvalue weighted by molar-refractivity contribution is -0.313. The highest BCUT2D eigenvalue weighted by Crippen LogP contribution is 2.44. The molecule has 17 heavy (non-hydrogen) atoms. The molecule has 8 heteroatoms. The fraction of sp³-hybridized carbons (Fsp3) is 0.889. The van der Waals surface area contributed by atoms with Crippen molar-refractivity contribution in [1.82, 2.24) is 0 Å². The largest absolute Gasteiger partial charge is 0.810 e. The summed E-state index contributed by atoms with van der Waals surface area (Å²) in [4.78, 5) is 32.1. The molecule has 1 unspecified atom stereocenters. The van der Waals surface area contributed by atoms with E-state index < -0.39 is 37.6 Å². The van der Waals surface area contributed by atoms with Crippen LogP contribution in [0.3, 0.4) is 0 Å². The number of ketones is 1. The Morgan fingerprint density at radius 3 is 2.06 bits per heavy atom. The lowest BCUT2D eigenvalue weighted by Gasteiger charge is -2.35. The molecule has 0 aromatic heterocycles. The molecule has 0 saturated heterocycles. The molecular formula is C9H14F3O4P-2. The van der Waals surface area contributed by atoms with E-state index in [0.29, 0.717) is 13.3 Å². The van der Waals surface area contributed by atoms with Gasteiger partial charge in [-0.3, -0.25) is 4.79 Å². The van der Waals surface area contributed by atoms with Gasteiger partial charge in [-0.25, -0.2) is 0 Å². The molecule has 0 aromatic carbocycles. The highest BCUT2D eigenvalue weighted by Gasteiger charge is 2.55. The molecule has 0 aliphatic rings. The molecule has 0 rings (SSSR count). The molecule has 0 fully saturated rings. The summed E-state index contributed by atoms with van der Waals surface area (Å²) >= 11 is 0. The molecule has 0 aromatic rings. The van der Waals surface area contributed by atoms with Crippen LogP contribution >= 0.6 is 7.60 Å². The molecule has 0 aliphatic carbocycles. The van der Waals surface area contributed by atoms with Gasteiger partial charge in [0, 0.05) is 6.16 Å². The van der Waals surface area contributed by atoms with Crippen molar-refractivity contribution in [2.24, 2.45) is 5.41 Å². The number of alkyl halides is 3. The monoisotopic (exact) mass is 274 g/mol. The van der Waals surface area contributed by atoms with Gasteiger partial charge in [-0.05, 0) is 13.3 Å². The van der Waals surface area contributed by atoms with Gasteiger partial charge in [0.05, 0.1) is 0 Å². The van der Waals surface area contributed by atoms with Crippen LogP contribution in [-0.4, -0.2) is 18.1 Å². The summed E-state index contributed by atoms with van der Waals surface area (Å²) in [6.07, 6.45) is -6.39. The van der Waals surface area contributed by atoms with Gasteiger partial charge < -0.3 is 14.4 Å². The van der Waals surface area contributed by atoms with Crippen molar-refractivity contribution < 1.29 is 32.3 Å². The molecular weight excluding hydrogens is 260 g/mol. The Bertz CT molecular complexity index is 323. The van der Waals surface area contributed by atoms with E-state index in [1.165, 1.54) is 0 Å². The molecule has 4 nitrogen and oxygen atoms in total. The normalized spacial score (nSPS) is 16.6. The van der Waals surface area contributed by atoms with E-state index in [4.69, 9.17) is 0 Å². The minimum Gasteiger partial charge on any atom is -0.810 e. The standard InChI is InChI=1S/C9H16F3O4P/c1-3-4-5-8(2,9(10,11)12)7(13)6-17(14,15)16/h3-6H2,1-2H3,(H2,14,15,16)/p-2. The Morgan fingerprint density at radius 2 is 1.76 bits per heavy atom. The number of carbonyl (C=O) groups is 1. The number of unbranched alkanes of at least 4 members (excludes halogenated alkanes) is 1. The first-order chi connectivity index (χ1) is 7.44. The third-order valence-corrected chi connectivity index (χ3v) is 3.28. The third-order valence-electron chi connectivity index (χ3n) is 2.61. The minimum atomic E-state index is -5.27. The average molecular weight is 274 g/mol. The first kappa shape index (κ1) is 16.6. The lowest BCUT2D eigenvalue weighted by Crippen LogP contribution is -2.45. The molecule has 0 heterocycles. The predicted molar refractivity (Wildman–Crippen MR) is 51.2 cm³/mol. The first-order valence-electron chi connectivity index (χ1n) is 5.05. The second-order valence-electron chi connectivity index (χ2n) is 4.13. The van der Waals surface area contributed by atoms with Crippen molar-refractivity contribution in [3.8, 4) is 0 Å². The molecule has 0 N–H and O–H groups in total. The molecule has 0 saturated carbocycles. The van der Waals surface area contributed by atoms with Gasteiger partial charge in [-0.1, -0.05) is 27.4 Å². The Hall–Kier alpha value is -0.390. The van der Waals surface area contributed by atoms with E-state index in [-0.39, 0.29) is 6.42 Å². The zero-order valence-electron chi connectivity index (χ0n) is 9.54. The molecule has 1 atom stereocenters. The number of carbonyl (C=O) groups excluding carboxylic acids is 1. The van der Waals surface area contributed by atoms with Crippen LogP contribution in [0, 0.1) is 5.41 Å². The van der Waals surface area contributed by atoms with Crippen molar-refractivity contribution >= 4 is 13.4 Å². The Kier molecular flexibility index (Phi) is 5.38. The highest BCUT2D eigenvalue weighted by molar-refractivity contribution is 7.49. The summed E-state index contributed by atoms with van der Waals surface area (Å²) in [6, 6.07) is 0. The van der Waals surface area contributed by atoms with Crippen molar-refractivity contribution in [3.05, 3.63) is 0 Å². The summed E-state index contributed by atoms with van der Waals surface area (Å²) in [6.45, 7) is 2.29. The average Bonchev–Trinajstić information content (AvgIpc) is 2.09. The van der Waals surface area contributed by atoms with Crippen LogP contribution in [0.1, 0.15) is 33.1 Å². The number of rotatable bonds is 6. The Morgan fingerprint density at radius 1 is 1.29 bits per heavy atom. The molecule has 0 aliphatic heterocycles. The van der Waals surface area contributed by atoms with Crippen LogP contribution in [0.4, 0.5) is 13.2 Å². The number of hydrogen-bond acceptors (Lipinski definition) is 4. The Labute approximate surface area is 97.4 Å². The van der Waals surface area contributed by atoms with E-state index in [1.807, 2.05) is 0 Å². The maximum atomic E-state index is 12.7.